The molecule has 140 valence electrons. The Labute approximate surface area is 149 Å². The highest BCUT2D eigenvalue weighted by Crippen LogP contribution is 2.58. The average molecular weight is 362 g/mol. The molecule has 0 radical (unpaired) electrons. The third kappa shape index (κ3) is 3.06. The summed E-state index contributed by atoms with van der Waals surface area (Å²) in [6.45, 7) is 9.31. The molecule has 1 aliphatic rings. The number of aromatic nitrogens is 5. The molecule has 10 heteroatoms. The molecule has 1 aliphatic carbocycles. The second kappa shape index (κ2) is 5.89. The second-order valence-corrected chi connectivity index (χ2v) is 8.21. The quantitative estimate of drug-likeness (QED) is 0.723. The Balaban J connectivity index is 1.82. The summed E-state index contributed by atoms with van der Waals surface area (Å²) in [6, 6.07) is -0.579. The molecule has 0 aliphatic heterocycles. The van der Waals surface area contributed by atoms with Crippen LogP contribution in [0.4, 0.5) is 0 Å². The number of carbonyl (C=O) groups excluding carboxylic acids is 1. The second-order valence-electron chi connectivity index (χ2n) is 8.21. The summed E-state index contributed by atoms with van der Waals surface area (Å²) in [6.07, 6.45) is 1.33. The van der Waals surface area contributed by atoms with E-state index in [-0.39, 0.29) is 17.6 Å². The van der Waals surface area contributed by atoms with E-state index in [9.17, 15) is 14.7 Å². The van der Waals surface area contributed by atoms with Crippen LogP contribution < -0.4 is 5.32 Å². The molecule has 10 nitrogen and oxygen atoms in total. The summed E-state index contributed by atoms with van der Waals surface area (Å²) in [5, 5.41) is 22.4. The van der Waals surface area contributed by atoms with Crippen LogP contribution in [0.3, 0.4) is 0 Å². The monoisotopic (exact) mass is 362 g/mol. The van der Waals surface area contributed by atoms with Gasteiger partial charge in [0.1, 0.15) is 12.4 Å². The number of hydrogen-bond acceptors (Lipinski definition) is 7. The lowest BCUT2D eigenvalue weighted by Crippen LogP contribution is -2.38. The third-order valence-corrected chi connectivity index (χ3v) is 4.84. The highest BCUT2D eigenvalue weighted by molar-refractivity contribution is 5.91. The van der Waals surface area contributed by atoms with Gasteiger partial charge in [-0.25, -0.2) is 4.98 Å². The summed E-state index contributed by atoms with van der Waals surface area (Å²) in [4.78, 5) is 32.3. The molecule has 1 saturated carbocycles. The number of aliphatic carboxylic acids is 1. The number of carboxylic acid groups (broad SMARTS) is 1. The standard InChI is InChI=1S/C16H22N6O4/c1-15(2,3)9(13-20-11(22-26-13)10-17-6-18-21-10)19-12(23)7-8(14(24)25)16(7,4)5/h6-9H,1-5H3,(H,19,23)(H,24,25)(H,17,18,21)/t7-,8+,9?/m0/s1. The molecule has 3 atom stereocenters. The summed E-state index contributed by atoms with van der Waals surface area (Å²) < 4.78 is 5.32. The van der Waals surface area contributed by atoms with Crippen molar-refractivity contribution in [1.29, 1.82) is 0 Å². The summed E-state index contributed by atoms with van der Waals surface area (Å²) >= 11 is 0. The van der Waals surface area contributed by atoms with Gasteiger partial charge in [0.15, 0.2) is 5.82 Å². The van der Waals surface area contributed by atoms with Gasteiger partial charge in [0, 0.05) is 0 Å². The van der Waals surface area contributed by atoms with Crippen molar-refractivity contribution in [3.05, 3.63) is 12.2 Å². The van der Waals surface area contributed by atoms with Crippen LogP contribution in [0.2, 0.25) is 0 Å². The van der Waals surface area contributed by atoms with Crippen molar-refractivity contribution in [3.63, 3.8) is 0 Å². The van der Waals surface area contributed by atoms with E-state index in [1.54, 1.807) is 13.8 Å². The van der Waals surface area contributed by atoms with Gasteiger partial charge in [-0.1, -0.05) is 39.8 Å². The lowest BCUT2D eigenvalue weighted by molar-refractivity contribution is -0.140. The van der Waals surface area contributed by atoms with Gasteiger partial charge in [0.2, 0.25) is 17.6 Å². The Kier molecular flexibility index (Phi) is 4.08. The molecule has 3 rings (SSSR count). The van der Waals surface area contributed by atoms with Crippen molar-refractivity contribution < 1.29 is 19.2 Å². The molecule has 2 heterocycles. The maximum atomic E-state index is 12.7. The number of carboxylic acids is 1. The smallest absolute Gasteiger partial charge is 0.307 e. The van der Waals surface area contributed by atoms with Crippen molar-refractivity contribution >= 4 is 11.9 Å². The molecule has 26 heavy (non-hydrogen) atoms. The van der Waals surface area contributed by atoms with Crippen molar-refractivity contribution in [3.8, 4) is 11.6 Å². The number of aromatic amines is 1. The molecule has 0 spiro atoms. The van der Waals surface area contributed by atoms with Gasteiger partial charge in [-0.3, -0.25) is 14.7 Å². The number of amides is 1. The predicted octanol–water partition coefficient (Wildman–Crippen LogP) is 1.41. The molecule has 1 fully saturated rings. The van der Waals surface area contributed by atoms with Gasteiger partial charge in [-0.2, -0.15) is 10.1 Å². The van der Waals surface area contributed by atoms with E-state index in [4.69, 9.17) is 4.52 Å². The molecular weight excluding hydrogens is 340 g/mol. The maximum absolute atomic E-state index is 12.7. The Morgan fingerprint density at radius 1 is 1.35 bits per heavy atom. The minimum Gasteiger partial charge on any atom is -0.481 e. The van der Waals surface area contributed by atoms with E-state index in [0.717, 1.165) is 0 Å². The van der Waals surface area contributed by atoms with Gasteiger partial charge in [0.05, 0.1) is 11.8 Å². The number of rotatable bonds is 5. The van der Waals surface area contributed by atoms with Crippen LogP contribution in [0.5, 0.6) is 0 Å². The Bertz CT molecular complexity index is 820. The Morgan fingerprint density at radius 2 is 2.04 bits per heavy atom. The first-order chi connectivity index (χ1) is 12.0. The number of carbonyl (C=O) groups is 2. The highest BCUT2D eigenvalue weighted by Gasteiger charge is 2.66. The minimum atomic E-state index is -0.965. The molecule has 1 unspecified atom stereocenters. The van der Waals surface area contributed by atoms with Crippen LogP contribution in [0.1, 0.15) is 46.6 Å². The average Bonchev–Trinajstić information content (AvgIpc) is 2.98. The molecular formula is C16H22N6O4. The van der Waals surface area contributed by atoms with E-state index in [2.05, 4.69) is 30.6 Å². The van der Waals surface area contributed by atoms with Crippen LogP contribution in [0.15, 0.2) is 10.9 Å². The number of H-pyrrole nitrogens is 1. The fraction of sp³-hybridized carbons (Fsp3) is 0.625. The van der Waals surface area contributed by atoms with Crippen LogP contribution in [-0.2, 0) is 9.59 Å². The molecule has 0 aromatic carbocycles. The van der Waals surface area contributed by atoms with Crippen LogP contribution in [-0.4, -0.2) is 42.3 Å². The summed E-state index contributed by atoms with van der Waals surface area (Å²) in [5.41, 5.74) is -1.02. The minimum absolute atomic E-state index is 0.225. The topological polar surface area (TPSA) is 147 Å². The summed E-state index contributed by atoms with van der Waals surface area (Å²) in [5.74, 6) is -1.78. The van der Waals surface area contributed by atoms with Gasteiger partial charge in [0.25, 0.3) is 0 Å². The largest absolute Gasteiger partial charge is 0.481 e. The molecule has 2 aromatic rings. The maximum Gasteiger partial charge on any atom is 0.307 e. The zero-order chi connectivity index (χ0) is 19.3. The van der Waals surface area contributed by atoms with E-state index in [0.29, 0.717) is 5.82 Å². The first-order valence-electron chi connectivity index (χ1n) is 8.26. The van der Waals surface area contributed by atoms with E-state index >= 15 is 0 Å². The van der Waals surface area contributed by atoms with Gasteiger partial charge in [-0.05, 0) is 10.8 Å². The van der Waals surface area contributed by atoms with Crippen molar-refractivity contribution in [2.45, 2.75) is 40.7 Å². The Morgan fingerprint density at radius 3 is 2.54 bits per heavy atom. The van der Waals surface area contributed by atoms with Crippen LogP contribution in [0.25, 0.3) is 11.6 Å². The summed E-state index contributed by atoms with van der Waals surface area (Å²) in [7, 11) is 0. The Hall–Kier alpha value is -2.78. The zero-order valence-corrected chi connectivity index (χ0v) is 15.3. The SMILES string of the molecule is CC(C)(C)C(NC(=O)[C@@H]1[C@H](C(=O)O)C1(C)C)c1nc(-c2ncn[nH]2)no1. The molecule has 0 saturated heterocycles. The molecule has 0 bridgehead atoms. The van der Waals surface area contributed by atoms with Gasteiger partial charge >= 0.3 is 5.97 Å². The third-order valence-electron chi connectivity index (χ3n) is 4.84. The van der Waals surface area contributed by atoms with E-state index in [1.807, 2.05) is 20.8 Å². The first kappa shape index (κ1) is 18.0. The molecule has 1 amide bonds. The zero-order valence-electron chi connectivity index (χ0n) is 15.3. The normalized spacial score (nSPS) is 22.7. The van der Waals surface area contributed by atoms with E-state index < -0.39 is 34.7 Å². The first-order valence-corrected chi connectivity index (χ1v) is 8.26. The number of hydrogen-bond donors (Lipinski definition) is 3. The van der Waals surface area contributed by atoms with E-state index in [1.165, 1.54) is 6.33 Å². The van der Waals surface area contributed by atoms with Crippen molar-refractivity contribution in [1.82, 2.24) is 30.6 Å². The lowest BCUT2D eigenvalue weighted by atomic mass is 9.86. The highest BCUT2D eigenvalue weighted by atomic mass is 16.5. The van der Waals surface area contributed by atoms with Crippen LogP contribution >= 0.6 is 0 Å². The molecule has 3 N–H and O–H groups in total. The number of nitrogens with one attached hydrogen (secondary N) is 2. The predicted molar refractivity (Wildman–Crippen MR) is 88.4 cm³/mol. The fourth-order valence-electron chi connectivity index (χ4n) is 3.23. The van der Waals surface area contributed by atoms with Crippen molar-refractivity contribution in [2.75, 3.05) is 0 Å². The fourth-order valence-corrected chi connectivity index (χ4v) is 3.23. The van der Waals surface area contributed by atoms with Gasteiger partial charge < -0.3 is 14.9 Å². The van der Waals surface area contributed by atoms with Crippen molar-refractivity contribution in [2.24, 2.45) is 22.7 Å². The lowest BCUT2D eigenvalue weighted by Gasteiger charge is -2.28. The number of nitrogens with zero attached hydrogens (tertiary/aromatic N) is 4. The van der Waals surface area contributed by atoms with Crippen LogP contribution in [0, 0.1) is 22.7 Å². The molecule has 2 aromatic heterocycles. The van der Waals surface area contributed by atoms with Gasteiger partial charge in [-0.15, -0.1) is 0 Å².